The van der Waals surface area contributed by atoms with Gasteiger partial charge in [0.25, 0.3) is 0 Å². The van der Waals surface area contributed by atoms with Crippen LogP contribution in [0.2, 0.25) is 10.0 Å². The minimum absolute atomic E-state index is 0.134. The summed E-state index contributed by atoms with van der Waals surface area (Å²) in [5, 5.41) is 1.21. The second-order valence-corrected chi connectivity index (χ2v) is 9.10. The molecular formula is C21H24Cl2O. The minimum atomic E-state index is -0.218. The highest BCUT2D eigenvalue weighted by molar-refractivity contribution is 6.35. The Morgan fingerprint density at radius 1 is 0.875 bits per heavy atom. The standard InChI is InChI=1S/C21H24Cl2O/c1-20(2,3)16-10-13(11-17(19(16)24)21(4,5)6)9-14-7-8-15(22)12-18(14)23/h7-12H,1-6H3. The number of Topliss-reactive ketones (excluding diaryl/α,β-unsaturated/α-hetero) is 1. The summed E-state index contributed by atoms with van der Waals surface area (Å²) in [4.78, 5) is 12.9. The number of hydrogen-bond acceptors (Lipinski definition) is 1. The van der Waals surface area contributed by atoms with E-state index in [1.165, 1.54) is 0 Å². The molecule has 0 unspecified atom stereocenters. The lowest BCUT2D eigenvalue weighted by Crippen LogP contribution is -2.27. The molecule has 0 bridgehead atoms. The fourth-order valence-electron chi connectivity index (χ4n) is 2.65. The zero-order valence-corrected chi connectivity index (χ0v) is 16.6. The molecule has 0 amide bonds. The average Bonchev–Trinajstić information content (AvgIpc) is 2.41. The van der Waals surface area contributed by atoms with Gasteiger partial charge in [-0.15, -0.1) is 0 Å². The highest BCUT2D eigenvalue weighted by atomic mass is 35.5. The van der Waals surface area contributed by atoms with Crippen molar-refractivity contribution in [1.82, 2.24) is 0 Å². The van der Waals surface area contributed by atoms with Gasteiger partial charge in [0.2, 0.25) is 0 Å². The molecule has 24 heavy (non-hydrogen) atoms. The fraction of sp³-hybridized carbons (Fsp3) is 0.381. The molecule has 0 aromatic heterocycles. The van der Waals surface area contributed by atoms with Crippen LogP contribution < -0.4 is 0 Å². The Morgan fingerprint density at radius 3 is 1.79 bits per heavy atom. The van der Waals surface area contributed by atoms with Crippen molar-refractivity contribution in [3.8, 4) is 0 Å². The monoisotopic (exact) mass is 362 g/mol. The Labute approximate surface area is 155 Å². The molecule has 0 spiro atoms. The van der Waals surface area contributed by atoms with Crippen LogP contribution in [0.1, 0.15) is 47.1 Å². The molecule has 0 saturated heterocycles. The number of ketones is 1. The van der Waals surface area contributed by atoms with Crippen molar-refractivity contribution in [1.29, 1.82) is 0 Å². The average molecular weight is 363 g/mol. The van der Waals surface area contributed by atoms with Gasteiger partial charge in [-0.3, -0.25) is 4.79 Å². The van der Waals surface area contributed by atoms with Crippen molar-refractivity contribution < 1.29 is 4.79 Å². The summed E-state index contributed by atoms with van der Waals surface area (Å²) in [7, 11) is 0. The molecule has 0 aliphatic heterocycles. The van der Waals surface area contributed by atoms with E-state index in [2.05, 4.69) is 41.5 Å². The Kier molecular flexibility index (Phi) is 5.18. The summed E-state index contributed by atoms with van der Waals surface area (Å²) in [6.07, 6.45) is 5.95. The fourth-order valence-corrected chi connectivity index (χ4v) is 3.11. The Hall–Kier alpha value is -1.31. The van der Waals surface area contributed by atoms with Crippen molar-refractivity contribution in [2.75, 3.05) is 0 Å². The molecule has 0 radical (unpaired) electrons. The van der Waals surface area contributed by atoms with E-state index in [9.17, 15) is 4.79 Å². The number of rotatable bonds is 1. The molecule has 1 aromatic carbocycles. The number of hydrogen-bond donors (Lipinski definition) is 0. The molecule has 1 nitrogen and oxygen atoms in total. The maximum atomic E-state index is 12.9. The van der Waals surface area contributed by atoms with Crippen LogP contribution in [-0.4, -0.2) is 5.78 Å². The normalized spacial score (nSPS) is 16.0. The molecule has 128 valence electrons. The summed E-state index contributed by atoms with van der Waals surface area (Å²) < 4.78 is 0. The summed E-state index contributed by atoms with van der Waals surface area (Å²) in [5.74, 6) is 0.134. The molecular weight excluding hydrogens is 339 g/mol. The van der Waals surface area contributed by atoms with Crippen molar-refractivity contribution in [2.45, 2.75) is 41.5 Å². The maximum absolute atomic E-state index is 12.9. The Bertz CT molecular complexity index is 730. The summed E-state index contributed by atoms with van der Waals surface area (Å²) in [5.41, 5.74) is 3.08. The van der Waals surface area contributed by atoms with E-state index in [1.807, 2.05) is 30.4 Å². The van der Waals surface area contributed by atoms with Gasteiger partial charge >= 0.3 is 0 Å². The number of halogens is 2. The van der Waals surface area contributed by atoms with E-state index in [4.69, 9.17) is 23.2 Å². The summed E-state index contributed by atoms with van der Waals surface area (Å²) in [6, 6.07) is 5.44. The van der Waals surface area contributed by atoms with E-state index in [1.54, 1.807) is 6.07 Å². The Balaban J connectivity index is 2.61. The molecule has 3 heteroatoms. The zero-order chi connectivity index (χ0) is 18.3. The summed E-state index contributed by atoms with van der Waals surface area (Å²) in [6.45, 7) is 12.4. The lowest BCUT2D eigenvalue weighted by molar-refractivity contribution is -0.114. The van der Waals surface area contributed by atoms with Crippen LogP contribution in [0.15, 0.2) is 47.1 Å². The van der Waals surface area contributed by atoms with E-state index in [0.29, 0.717) is 10.0 Å². The van der Waals surface area contributed by atoms with Crippen LogP contribution in [-0.2, 0) is 4.79 Å². The van der Waals surface area contributed by atoms with Gasteiger partial charge in [0, 0.05) is 21.2 Å². The van der Waals surface area contributed by atoms with Crippen LogP contribution in [0.5, 0.6) is 0 Å². The first-order valence-corrected chi connectivity index (χ1v) is 8.81. The van der Waals surface area contributed by atoms with Gasteiger partial charge in [0.1, 0.15) is 0 Å². The van der Waals surface area contributed by atoms with Crippen molar-refractivity contribution in [3.63, 3.8) is 0 Å². The van der Waals surface area contributed by atoms with Crippen LogP contribution in [0.3, 0.4) is 0 Å². The lowest BCUT2D eigenvalue weighted by Gasteiger charge is -2.31. The third kappa shape index (κ3) is 4.20. The van der Waals surface area contributed by atoms with Crippen LogP contribution >= 0.6 is 23.2 Å². The molecule has 0 atom stereocenters. The van der Waals surface area contributed by atoms with Gasteiger partial charge in [0.15, 0.2) is 5.78 Å². The Morgan fingerprint density at radius 2 is 1.38 bits per heavy atom. The molecule has 0 N–H and O–H groups in total. The molecule has 0 fully saturated rings. The zero-order valence-electron chi connectivity index (χ0n) is 15.1. The molecule has 1 aliphatic carbocycles. The van der Waals surface area contributed by atoms with Gasteiger partial charge in [0.05, 0.1) is 0 Å². The van der Waals surface area contributed by atoms with Crippen LogP contribution in [0, 0.1) is 10.8 Å². The topological polar surface area (TPSA) is 17.1 Å². The molecule has 0 heterocycles. The molecule has 0 saturated carbocycles. The first-order chi connectivity index (χ1) is 10.9. The van der Waals surface area contributed by atoms with Crippen molar-refractivity contribution >= 4 is 35.1 Å². The van der Waals surface area contributed by atoms with Crippen molar-refractivity contribution in [3.05, 3.63) is 62.7 Å². The number of carbonyl (C=O) groups excluding carboxylic acids is 1. The van der Waals surface area contributed by atoms with Crippen LogP contribution in [0.4, 0.5) is 0 Å². The first kappa shape index (κ1) is 19.0. The van der Waals surface area contributed by atoms with Crippen molar-refractivity contribution in [2.24, 2.45) is 10.8 Å². The second-order valence-electron chi connectivity index (χ2n) is 8.26. The SMILES string of the molecule is CC(C)(C)C1=CC(=Cc2ccc(Cl)cc2Cl)C=C(C(C)(C)C)C1=O. The quantitative estimate of drug-likeness (QED) is 0.530. The van der Waals surface area contributed by atoms with E-state index in [0.717, 1.165) is 22.3 Å². The summed E-state index contributed by atoms with van der Waals surface area (Å²) >= 11 is 12.3. The van der Waals surface area contributed by atoms with Gasteiger partial charge in [-0.1, -0.05) is 70.8 Å². The van der Waals surface area contributed by atoms with Gasteiger partial charge < -0.3 is 0 Å². The van der Waals surface area contributed by atoms with Gasteiger partial charge in [-0.2, -0.15) is 0 Å². The first-order valence-electron chi connectivity index (χ1n) is 8.05. The smallest absolute Gasteiger partial charge is 0.186 e. The maximum Gasteiger partial charge on any atom is 0.186 e. The highest BCUT2D eigenvalue weighted by Crippen LogP contribution is 2.39. The van der Waals surface area contributed by atoms with E-state index >= 15 is 0 Å². The molecule has 1 aliphatic rings. The van der Waals surface area contributed by atoms with Gasteiger partial charge in [-0.25, -0.2) is 0 Å². The van der Waals surface area contributed by atoms with E-state index < -0.39 is 0 Å². The minimum Gasteiger partial charge on any atom is -0.289 e. The molecule has 1 aromatic rings. The predicted octanol–water partition coefficient (Wildman–Crippen LogP) is 6.90. The number of allylic oxidation sites excluding steroid dienone is 5. The van der Waals surface area contributed by atoms with E-state index in [-0.39, 0.29) is 16.6 Å². The molecule has 2 rings (SSSR count). The predicted molar refractivity (Wildman–Crippen MR) is 105 cm³/mol. The highest BCUT2D eigenvalue weighted by Gasteiger charge is 2.33. The largest absolute Gasteiger partial charge is 0.289 e. The third-order valence-electron chi connectivity index (χ3n) is 4.01. The number of benzene rings is 1. The second kappa shape index (κ2) is 6.54. The number of carbonyl (C=O) groups is 1. The van der Waals surface area contributed by atoms with Crippen LogP contribution in [0.25, 0.3) is 6.08 Å². The lowest BCUT2D eigenvalue weighted by atomic mass is 9.72. The third-order valence-corrected chi connectivity index (χ3v) is 4.57. The van der Waals surface area contributed by atoms with Gasteiger partial charge in [-0.05, 0) is 52.3 Å².